The lowest BCUT2D eigenvalue weighted by atomic mass is 10.0. The second kappa shape index (κ2) is 6.66. The molecule has 2 aliphatic heterocycles. The molecule has 132 valence electrons. The fourth-order valence-corrected chi connectivity index (χ4v) is 4.88. The summed E-state index contributed by atoms with van der Waals surface area (Å²) in [5.74, 6) is 1.05. The standard InChI is InChI=1S/C16H24N4O3S/c1-12-16(18-6-5-17-12)19-7-3-14(4-8-19)20-10-13(9-15(20)21)11-24(2,22)23/h5-6,13-14H,3-4,7-11H2,1-2H3. The minimum absolute atomic E-state index is 0.0623. The number of carbonyl (C=O) groups is 1. The van der Waals surface area contributed by atoms with Crippen LogP contribution in [0.2, 0.25) is 0 Å². The highest BCUT2D eigenvalue weighted by molar-refractivity contribution is 7.90. The van der Waals surface area contributed by atoms with Crippen LogP contribution in [0.4, 0.5) is 5.82 Å². The normalized spacial score (nSPS) is 23.1. The Morgan fingerprint density at radius 2 is 1.88 bits per heavy atom. The van der Waals surface area contributed by atoms with Gasteiger partial charge in [-0.05, 0) is 25.7 Å². The van der Waals surface area contributed by atoms with Crippen LogP contribution in [0.3, 0.4) is 0 Å². The Hall–Kier alpha value is -1.70. The number of anilines is 1. The number of carbonyl (C=O) groups excluding carboxylic acids is 1. The number of hydrogen-bond acceptors (Lipinski definition) is 6. The Balaban J connectivity index is 1.59. The largest absolute Gasteiger partial charge is 0.355 e. The molecule has 2 fully saturated rings. The van der Waals surface area contributed by atoms with Crippen LogP contribution in [0.1, 0.15) is 25.0 Å². The Morgan fingerprint density at radius 3 is 2.50 bits per heavy atom. The SMILES string of the molecule is Cc1nccnc1N1CCC(N2CC(CS(C)(=O)=O)CC2=O)CC1. The van der Waals surface area contributed by atoms with Crippen molar-refractivity contribution >= 4 is 21.6 Å². The zero-order valence-corrected chi connectivity index (χ0v) is 15.0. The van der Waals surface area contributed by atoms with Crippen molar-refractivity contribution in [1.29, 1.82) is 0 Å². The monoisotopic (exact) mass is 352 g/mol. The number of rotatable bonds is 4. The zero-order valence-electron chi connectivity index (χ0n) is 14.2. The molecule has 0 N–H and O–H groups in total. The summed E-state index contributed by atoms with van der Waals surface area (Å²) in [4.78, 5) is 25.1. The summed E-state index contributed by atoms with van der Waals surface area (Å²) < 4.78 is 22.9. The highest BCUT2D eigenvalue weighted by Gasteiger charge is 2.37. The van der Waals surface area contributed by atoms with Crippen LogP contribution in [0, 0.1) is 12.8 Å². The van der Waals surface area contributed by atoms with Gasteiger partial charge in [0.1, 0.15) is 15.7 Å². The second-order valence-electron chi connectivity index (χ2n) is 6.89. The molecule has 1 aromatic heterocycles. The third-order valence-corrected chi connectivity index (χ3v) is 5.91. The molecule has 0 saturated carbocycles. The van der Waals surface area contributed by atoms with E-state index in [2.05, 4.69) is 14.9 Å². The Labute approximate surface area is 143 Å². The maximum Gasteiger partial charge on any atom is 0.223 e. The number of aryl methyl sites for hydroxylation is 1. The fourth-order valence-electron chi connectivity index (χ4n) is 3.80. The van der Waals surface area contributed by atoms with Crippen LogP contribution in [-0.4, -0.2) is 66.9 Å². The van der Waals surface area contributed by atoms with Gasteiger partial charge in [-0.3, -0.25) is 9.78 Å². The number of piperidine rings is 1. The second-order valence-corrected chi connectivity index (χ2v) is 9.08. The first-order chi connectivity index (χ1) is 11.3. The van der Waals surface area contributed by atoms with Gasteiger partial charge in [0.2, 0.25) is 5.91 Å². The van der Waals surface area contributed by atoms with Gasteiger partial charge >= 0.3 is 0 Å². The molecule has 0 bridgehead atoms. The molecular formula is C16H24N4O3S. The van der Waals surface area contributed by atoms with Gasteiger partial charge in [-0.2, -0.15) is 0 Å². The first-order valence-corrected chi connectivity index (χ1v) is 10.4. The lowest BCUT2D eigenvalue weighted by molar-refractivity contribution is -0.130. The van der Waals surface area contributed by atoms with E-state index in [0.717, 1.165) is 37.4 Å². The van der Waals surface area contributed by atoms with Crippen molar-refractivity contribution in [3.63, 3.8) is 0 Å². The summed E-state index contributed by atoms with van der Waals surface area (Å²) in [7, 11) is -3.04. The topological polar surface area (TPSA) is 83.5 Å². The Morgan fingerprint density at radius 1 is 1.21 bits per heavy atom. The highest BCUT2D eigenvalue weighted by Crippen LogP contribution is 2.28. The van der Waals surface area contributed by atoms with Crippen LogP contribution in [0.25, 0.3) is 0 Å². The van der Waals surface area contributed by atoms with Gasteiger partial charge in [0.25, 0.3) is 0 Å². The molecule has 0 radical (unpaired) electrons. The summed E-state index contributed by atoms with van der Waals surface area (Å²) in [5.41, 5.74) is 0.918. The minimum atomic E-state index is -3.04. The molecular weight excluding hydrogens is 328 g/mol. The molecule has 8 heteroatoms. The van der Waals surface area contributed by atoms with Gasteiger partial charge in [-0.1, -0.05) is 0 Å². The van der Waals surface area contributed by atoms with Crippen LogP contribution in [0.5, 0.6) is 0 Å². The molecule has 3 rings (SSSR count). The molecule has 1 atom stereocenters. The Kier molecular flexibility index (Phi) is 4.76. The minimum Gasteiger partial charge on any atom is -0.355 e. The third kappa shape index (κ3) is 3.85. The molecule has 2 aliphatic rings. The lowest BCUT2D eigenvalue weighted by Crippen LogP contribution is -2.46. The summed E-state index contributed by atoms with van der Waals surface area (Å²) in [6.45, 7) is 4.20. The van der Waals surface area contributed by atoms with E-state index in [1.54, 1.807) is 12.4 Å². The maximum absolute atomic E-state index is 12.3. The lowest BCUT2D eigenvalue weighted by Gasteiger charge is -2.37. The van der Waals surface area contributed by atoms with Gasteiger partial charge < -0.3 is 9.80 Å². The van der Waals surface area contributed by atoms with E-state index < -0.39 is 9.84 Å². The van der Waals surface area contributed by atoms with E-state index >= 15 is 0 Å². The fraction of sp³-hybridized carbons (Fsp3) is 0.688. The smallest absolute Gasteiger partial charge is 0.223 e. The summed E-state index contributed by atoms with van der Waals surface area (Å²) in [5, 5.41) is 0. The molecule has 1 unspecified atom stereocenters. The molecule has 2 saturated heterocycles. The van der Waals surface area contributed by atoms with Crippen molar-refractivity contribution in [3.05, 3.63) is 18.1 Å². The van der Waals surface area contributed by atoms with Crippen molar-refractivity contribution in [1.82, 2.24) is 14.9 Å². The molecule has 3 heterocycles. The summed E-state index contributed by atoms with van der Waals surface area (Å²) in [6, 6.07) is 0.204. The average Bonchev–Trinajstić information content (AvgIpc) is 2.86. The number of amides is 1. The van der Waals surface area contributed by atoms with Crippen molar-refractivity contribution in [3.8, 4) is 0 Å². The van der Waals surface area contributed by atoms with Crippen molar-refractivity contribution in [2.45, 2.75) is 32.2 Å². The van der Waals surface area contributed by atoms with Crippen LogP contribution >= 0.6 is 0 Å². The summed E-state index contributed by atoms with van der Waals surface area (Å²) in [6.07, 6.45) is 6.75. The number of sulfone groups is 1. The zero-order chi connectivity index (χ0) is 17.3. The number of likely N-dealkylation sites (tertiary alicyclic amines) is 1. The van der Waals surface area contributed by atoms with Gasteiger partial charge in [0.15, 0.2) is 0 Å². The van der Waals surface area contributed by atoms with E-state index in [-0.39, 0.29) is 23.6 Å². The summed E-state index contributed by atoms with van der Waals surface area (Å²) >= 11 is 0. The highest BCUT2D eigenvalue weighted by atomic mass is 32.2. The Bertz CT molecular complexity index is 714. The first-order valence-electron chi connectivity index (χ1n) is 8.33. The quantitative estimate of drug-likeness (QED) is 0.791. The third-order valence-electron chi connectivity index (χ3n) is 4.84. The van der Waals surface area contributed by atoms with Crippen LogP contribution in [-0.2, 0) is 14.6 Å². The number of hydrogen-bond donors (Lipinski definition) is 0. The van der Waals surface area contributed by atoms with E-state index in [1.165, 1.54) is 6.26 Å². The first kappa shape index (κ1) is 17.1. The van der Waals surface area contributed by atoms with Crippen molar-refractivity contribution < 1.29 is 13.2 Å². The van der Waals surface area contributed by atoms with Gasteiger partial charge in [0.05, 0.1) is 11.4 Å². The number of aromatic nitrogens is 2. The van der Waals surface area contributed by atoms with Crippen LogP contribution in [0.15, 0.2) is 12.4 Å². The van der Waals surface area contributed by atoms with E-state index in [4.69, 9.17) is 0 Å². The number of nitrogens with zero attached hydrogens (tertiary/aromatic N) is 4. The van der Waals surface area contributed by atoms with Crippen molar-refractivity contribution in [2.75, 3.05) is 36.5 Å². The van der Waals surface area contributed by atoms with Gasteiger partial charge in [-0.15, -0.1) is 0 Å². The molecule has 0 aliphatic carbocycles. The molecule has 0 aromatic carbocycles. The predicted octanol–water partition coefficient (Wildman–Crippen LogP) is 0.647. The molecule has 24 heavy (non-hydrogen) atoms. The van der Waals surface area contributed by atoms with E-state index in [9.17, 15) is 13.2 Å². The molecule has 1 aromatic rings. The predicted molar refractivity (Wildman–Crippen MR) is 91.5 cm³/mol. The van der Waals surface area contributed by atoms with Crippen molar-refractivity contribution in [2.24, 2.45) is 5.92 Å². The van der Waals surface area contributed by atoms with Gasteiger partial charge in [-0.25, -0.2) is 13.4 Å². The van der Waals surface area contributed by atoms with Crippen LogP contribution < -0.4 is 4.90 Å². The average molecular weight is 352 g/mol. The maximum atomic E-state index is 12.3. The van der Waals surface area contributed by atoms with Gasteiger partial charge in [0, 0.05) is 50.7 Å². The molecule has 0 spiro atoms. The van der Waals surface area contributed by atoms with E-state index in [1.807, 2.05) is 11.8 Å². The molecule has 7 nitrogen and oxygen atoms in total. The van der Waals surface area contributed by atoms with E-state index in [0.29, 0.717) is 13.0 Å². The molecule has 1 amide bonds.